The molecule has 0 saturated carbocycles. The van der Waals surface area contributed by atoms with E-state index in [1.165, 1.54) is 12.1 Å². The molecule has 0 bridgehead atoms. The van der Waals surface area contributed by atoms with E-state index in [2.05, 4.69) is 4.90 Å². The first-order chi connectivity index (χ1) is 18.2. The molecule has 9 heteroatoms. The summed E-state index contributed by atoms with van der Waals surface area (Å²) in [5, 5.41) is 0.606. The fourth-order valence-corrected chi connectivity index (χ4v) is 4.44. The lowest BCUT2D eigenvalue weighted by molar-refractivity contribution is -0.140. The van der Waals surface area contributed by atoms with Crippen LogP contribution in [0.3, 0.4) is 0 Å². The molecule has 1 saturated heterocycles. The number of hydrogen-bond donors (Lipinski definition) is 0. The van der Waals surface area contributed by atoms with E-state index in [0.717, 1.165) is 17.7 Å². The molecule has 1 aliphatic heterocycles. The molecule has 0 N–H and O–H groups in total. The molecular formula is C29H30ClF3N2O3. The number of benzene rings is 3. The molecule has 1 fully saturated rings. The van der Waals surface area contributed by atoms with Crippen molar-refractivity contribution in [2.45, 2.75) is 31.9 Å². The normalized spacial score (nSPS) is 16.2. The van der Waals surface area contributed by atoms with Gasteiger partial charge in [-0.3, -0.25) is 9.69 Å². The van der Waals surface area contributed by atoms with Gasteiger partial charge in [-0.2, -0.15) is 13.2 Å². The van der Waals surface area contributed by atoms with E-state index in [4.69, 9.17) is 21.1 Å². The summed E-state index contributed by atoms with van der Waals surface area (Å²) >= 11 is 6.06. The molecule has 3 aromatic rings. The summed E-state index contributed by atoms with van der Waals surface area (Å²) in [7, 11) is 0. The van der Waals surface area contributed by atoms with Crippen molar-refractivity contribution in [2.24, 2.45) is 0 Å². The highest BCUT2D eigenvalue weighted by molar-refractivity contribution is 6.30. The van der Waals surface area contributed by atoms with Crippen LogP contribution in [0.5, 0.6) is 5.75 Å². The Kier molecular flexibility index (Phi) is 9.31. The zero-order valence-corrected chi connectivity index (χ0v) is 21.8. The first-order valence-electron chi connectivity index (χ1n) is 12.4. The van der Waals surface area contributed by atoms with Gasteiger partial charge < -0.3 is 14.4 Å². The van der Waals surface area contributed by atoms with Gasteiger partial charge in [0.15, 0.2) is 6.10 Å². The minimum atomic E-state index is -4.37. The standard InChI is InChI=1S/C29H30ClF3N2O3/c1-21(38-26-5-3-2-4-6-26)28(36)35-17-15-34(16-18-35)19-27(23-9-13-25(30)14-10-23)37-20-22-7-11-24(12-8-22)29(31,32)33/h2-14,21,27H,15-20H2,1H3/t21-,27-/m1/s1. The zero-order valence-electron chi connectivity index (χ0n) is 21.0. The summed E-state index contributed by atoms with van der Waals surface area (Å²) in [6, 6.07) is 21.6. The Morgan fingerprint density at radius 1 is 0.921 bits per heavy atom. The van der Waals surface area contributed by atoms with Gasteiger partial charge in [-0.05, 0) is 54.4 Å². The molecule has 202 valence electrons. The number of halogens is 4. The van der Waals surface area contributed by atoms with Gasteiger partial charge in [0.25, 0.3) is 5.91 Å². The van der Waals surface area contributed by atoms with Crippen LogP contribution < -0.4 is 4.74 Å². The van der Waals surface area contributed by atoms with Crippen molar-refractivity contribution in [3.05, 3.63) is 101 Å². The summed E-state index contributed by atoms with van der Waals surface area (Å²) < 4.78 is 50.7. The Morgan fingerprint density at radius 2 is 1.55 bits per heavy atom. The van der Waals surface area contributed by atoms with E-state index in [9.17, 15) is 18.0 Å². The maximum Gasteiger partial charge on any atom is 0.416 e. The number of hydrogen-bond acceptors (Lipinski definition) is 4. The minimum Gasteiger partial charge on any atom is -0.481 e. The van der Waals surface area contributed by atoms with Crippen LogP contribution in [0, 0.1) is 0 Å². The second-order valence-corrected chi connectivity index (χ2v) is 9.68. The van der Waals surface area contributed by atoms with E-state index < -0.39 is 17.8 Å². The van der Waals surface area contributed by atoms with Crippen LogP contribution >= 0.6 is 11.6 Å². The van der Waals surface area contributed by atoms with Crippen molar-refractivity contribution in [1.29, 1.82) is 0 Å². The average Bonchev–Trinajstić information content (AvgIpc) is 2.92. The maximum atomic E-state index is 12.9. The molecular weight excluding hydrogens is 517 g/mol. The smallest absolute Gasteiger partial charge is 0.416 e. The maximum absolute atomic E-state index is 12.9. The number of para-hydroxylation sites is 1. The fourth-order valence-electron chi connectivity index (χ4n) is 4.31. The van der Waals surface area contributed by atoms with Crippen molar-refractivity contribution in [1.82, 2.24) is 9.80 Å². The summed E-state index contributed by atoms with van der Waals surface area (Å²) in [4.78, 5) is 16.9. The number of alkyl halides is 3. The molecule has 0 unspecified atom stereocenters. The van der Waals surface area contributed by atoms with Gasteiger partial charge in [-0.1, -0.05) is 54.1 Å². The van der Waals surface area contributed by atoms with Gasteiger partial charge >= 0.3 is 6.18 Å². The van der Waals surface area contributed by atoms with Crippen LogP contribution in [-0.2, 0) is 22.3 Å². The predicted octanol–water partition coefficient (Wildman–Crippen LogP) is 6.23. The van der Waals surface area contributed by atoms with E-state index in [1.807, 2.05) is 47.4 Å². The Labute approximate surface area is 225 Å². The van der Waals surface area contributed by atoms with Crippen molar-refractivity contribution < 1.29 is 27.4 Å². The third kappa shape index (κ3) is 7.72. The van der Waals surface area contributed by atoms with E-state index in [0.29, 0.717) is 49.1 Å². The van der Waals surface area contributed by atoms with Crippen LogP contribution in [-0.4, -0.2) is 54.5 Å². The highest BCUT2D eigenvalue weighted by Crippen LogP contribution is 2.30. The van der Waals surface area contributed by atoms with Crippen molar-refractivity contribution >= 4 is 17.5 Å². The lowest BCUT2D eigenvalue weighted by atomic mass is 10.1. The van der Waals surface area contributed by atoms with Gasteiger partial charge in [-0.15, -0.1) is 0 Å². The van der Waals surface area contributed by atoms with Crippen LogP contribution in [0.15, 0.2) is 78.9 Å². The number of carbonyl (C=O) groups excluding carboxylic acids is 1. The fraction of sp³-hybridized carbons (Fsp3) is 0.345. The van der Waals surface area contributed by atoms with Gasteiger partial charge in [0.1, 0.15) is 5.75 Å². The third-order valence-electron chi connectivity index (χ3n) is 6.49. The zero-order chi connectivity index (χ0) is 27.1. The van der Waals surface area contributed by atoms with Crippen molar-refractivity contribution in [2.75, 3.05) is 32.7 Å². The van der Waals surface area contributed by atoms with Crippen LogP contribution in [0.25, 0.3) is 0 Å². The minimum absolute atomic E-state index is 0.0543. The summed E-state index contributed by atoms with van der Waals surface area (Å²) in [5.41, 5.74) is 0.885. The Hall–Kier alpha value is -3.07. The van der Waals surface area contributed by atoms with Crippen molar-refractivity contribution in [3.63, 3.8) is 0 Å². The summed E-state index contributed by atoms with van der Waals surface area (Å²) in [6.07, 6.45) is -5.28. The van der Waals surface area contributed by atoms with Gasteiger partial charge in [-0.25, -0.2) is 0 Å². The second-order valence-electron chi connectivity index (χ2n) is 9.24. The predicted molar refractivity (Wildman–Crippen MR) is 140 cm³/mol. The molecule has 1 amide bonds. The van der Waals surface area contributed by atoms with E-state index in [1.54, 1.807) is 19.1 Å². The number of ether oxygens (including phenoxy) is 2. The summed E-state index contributed by atoms with van der Waals surface area (Å²) in [5.74, 6) is 0.601. The summed E-state index contributed by atoms with van der Waals surface area (Å²) in [6.45, 7) is 4.95. The molecule has 5 nitrogen and oxygen atoms in total. The quantitative estimate of drug-likeness (QED) is 0.319. The van der Waals surface area contributed by atoms with Gasteiger partial charge in [0.05, 0.1) is 18.3 Å². The van der Waals surface area contributed by atoms with Gasteiger partial charge in [0, 0.05) is 37.7 Å². The van der Waals surface area contributed by atoms with Crippen molar-refractivity contribution in [3.8, 4) is 5.75 Å². The Bertz CT molecular complexity index is 1170. The average molecular weight is 547 g/mol. The molecule has 0 spiro atoms. The van der Waals surface area contributed by atoms with Crippen LogP contribution in [0.1, 0.15) is 29.7 Å². The SMILES string of the molecule is C[C@@H](Oc1ccccc1)C(=O)N1CCN(C[C@@H](OCc2ccc(C(F)(F)F)cc2)c2ccc(Cl)cc2)CC1. The van der Waals surface area contributed by atoms with Gasteiger partial charge in [0.2, 0.25) is 0 Å². The molecule has 1 heterocycles. The molecule has 0 aromatic heterocycles. The number of piperazine rings is 1. The Balaban J connectivity index is 1.34. The largest absolute Gasteiger partial charge is 0.481 e. The molecule has 0 radical (unpaired) electrons. The molecule has 38 heavy (non-hydrogen) atoms. The monoisotopic (exact) mass is 546 g/mol. The molecule has 1 aliphatic rings. The highest BCUT2D eigenvalue weighted by atomic mass is 35.5. The van der Waals surface area contributed by atoms with Crippen LogP contribution in [0.2, 0.25) is 5.02 Å². The molecule has 3 aromatic carbocycles. The molecule has 2 atom stereocenters. The first kappa shape index (κ1) is 28.0. The molecule has 0 aliphatic carbocycles. The Morgan fingerprint density at radius 3 is 2.16 bits per heavy atom. The number of nitrogens with zero attached hydrogens (tertiary/aromatic N) is 2. The van der Waals surface area contributed by atoms with E-state index >= 15 is 0 Å². The molecule has 4 rings (SSSR count). The highest BCUT2D eigenvalue weighted by Gasteiger charge is 2.30. The lowest BCUT2D eigenvalue weighted by Crippen LogP contribution is -2.52. The first-order valence-corrected chi connectivity index (χ1v) is 12.8. The number of amides is 1. The van der Waals surface area contributed by atoms with Crippen LogP contribution in [0.4, 0.5) is 13.2 Å². The lowest BCUT2D eigenvalue weighted by Gasteiger charge is -2.37. The number of rotatable bonds is 9. The number of carbonyl (C=O) groups is 1. The third-order valence-corrected chi connectivity index (χ3v) is 6.74. The van der Waals surface area contributed by atoms with E-state index in [-0.39, 0.29) is 18.6 Å². The topological polar surface area (TPSA) is 42.0 Å². The second kappa shape index (κ2) is 12.7.